The van der Waals surface area contributed by atoms with Crippen LogP contribution in [0.15, 0.2) is 35.4 Å². The van der Waals surface area contributed by atoms with E-state index in [9.17, 15) is 9.90 Å². The van der Waals surface area contributed by atoms with Crippen molar-refractivity contribution in [3.8, 4) is 17.1 Å². The molecule has 6 heteroatoms. The molecule has 0 aliphatic heterocycles. The zero-order valence-corrected chi connectivity index (χ0v) is 8.64. The van der Waals surface area contributed by atoms with E-state index in [0.29, 0.717) is 22.6 Å². The Labute approximate surface area is 95.0 Å². The number of aromatic hydroxyl groups is 1. The van der Waals surface area contributed by atoms with Crippen molar-refractivity contribution in [2.45, 2.75) is 0 Å². The Morgan fingerprint density at radius 1 is 1.24 bits per heavy atom. The van der Waals surface area contributed by atoms with Crippen LogP contribution in [0, 0.1) is 0 Å². The summed E-state index contributed by atoms with van der Waals surface area (Å²) in [6, 6.07) is 6.66. The Morgan fingerprint density at radius 2 is 2.06 bits per heavy atom. The molecule has 0 aliphatic rings. The largest absolute Gasteiger partial charge is 0.507 e. The van der Waals surface area contributed by atoms with Gasteiger partial charge < -0.3 is 15.1 Å². The quantitative estimate of drug-likeness (QED) is 0.579. The van der Waals surface area contributed by atoms with Crippen molar-refractivity contribution in [1.29, 1.82) is 0 Å². The molecule has 0 fully saturated rings. The first-order valence-electron chi connectivity index (χ1n) is 4.97. The summed E-state index contributed by atoms with van der Waals surface area (Å²) >= 11 is 0. The number of imidazole rings is 1. The fraction of sp³-hybridized carbons (Fsp3) is 0. The van der Waals surface area contributed by atoms with E-state index < -0.39 is 0 Å². The zero-order chi connectivity index (χ0) is 11.8. The van der Waals surface area contributed by atoms with Crippen LogP contribution in [-0.2, 0) is 0 Å². The summed E-state index contributed by atoms with van der Waals surface area (Å²) in [7, 11) is 0. The average Bonchev–Trinajstić information content (AvgIpc) is 2.78. The van der Waals surface area contributed by atoms with Crippen molar-refractivity contribution in [2.75, 3.05) is 0 Å². The van der Waals surface area contributed by atoms with Gasteiger partial charge in [0.05, 0.1) is 11.9 Å². The Balaban J connectivity index is 2.32. The maximum absolute atomic E-state index is 11.7. The lowest BCUT2D eigenvalue weighted by Crippen LogP contribution is -2.09. The van der Waals surface area contributed by atoms with E-state index in [4.69, 9.17) is 0 Å². The average molecular weight is 228 g/mol. The van der Waals surface area contributed by atoms with Gasteiger partial charge in [0.2, 0.25) is 0 Å². The molecule has 0 unspecified atom stereocenters. The normalized spacial score (nSPS) is 10.8. The highest BCUT2D eigenvalue weighted by Crippen LogP contribution is 2.25. The van der Waals surface area contributed by atoms with E-state index in [1.807, 2.05) is 0 Å². The number of hydrogen-bond acceptors (Lipinski definition) is 4. The van der Waals surface area contributed by atoms with Crippen LogP contribution in [0.5, 0.6) is 5.75 Å². The first-order valence-corrected chi connectivity index (χ1v) is 4.97. The van der Waals surface area contributed by atoms with Crippen LogP contribution in [0.1, 0.15) is 0 Å². The summed E-state index contributed by atoms with van der Waals surface area (Å²) in [4.78, 5) is 25.1. The van der Waals surface area contributed by atoms with Crippen LogP contribution in [0.4, 0.5) is 0 Å². The molecule has 1 aromatic carbocycles. The molecule has 0 bridgehead atoms. The molecule has 84 valence electrons. The number of hydrogen-bond donors (Lipinski definition) is 3. The molecule has 0 spiro atoms. The summed E-state index contributed by atoms with van der Waals surface area (Å²) in [5.74, 6) is 0.359. The van der Waals surface area contributed by atoms with Crippen LogP contribution in [-0.4, -0.2) is 25.0 Å². The van der Waals surface area contributed by atoms with Crippen molar-refractivity contribution in [3.63, 3.8) is 0 Å². The third kappa shape index (κ3) is 1.46. The molecular formula is C11H8N4O2. The van der Waals surface area contributed by atoms with Gasteiger partial charge in [-0.25, -0.2) is 9.97 Å². The van der Waals surface area contributed by atoms with E-state index in [1.165, 1.54) is 12.4 Å². The molecule has 3 aromatic rings. The monoisotopic (exact) mass is 228 g/mol. The highest BCUT2D eigenvalue weighted by atomic mass is 16.3. The van der Waals surface area contributed by atoms with Crippen molar-refractivity contribution >= 4 is 11.2 Å². The van der Waals surface area contributed by atoms with Crippen LogP contribution in [0.3, 0.4) is 0 Å². The molecule has 6 nitrogen and oxygen atoms in total. The summed E-state index contributed by atoms with van der Waals surface area (Å²) in [6.45, 7) is 0. The smallest absolute Gasteiger partial charge is 0.277 e. The maximum Gasteiger partial charge on any atom is 0.277 e. The van der Waals surface area contributed by atoms with Crippen LogP contribution < -0.4 is 5.56 Å². The molecule has 3 N–H and O–H groups in total. The molecule has 0 saturated heterocycles. The number of nitrogens with zero attached hydrogens (tertiary/aromatic N) is 2. The van der Waals surface area contributed by atoms with Crippen LogP contribution in [0.2, 0.25) is 0 Å². The first-order chi connectivity index (χ1) is 8.25. The molecule has 0 radical (unpaired) electrons. The molecule has 17 heavy (non-hydrogen) atoms. The number of phenols is 1. The fourth-order valence-corrected chi connectivity index (χ4v) is 1.64. The second kappa shape index (κ2) is 3.44. The Kier molecular flexibility index (Phi) is 1.94. The standard InChI is InChI=1S/C11H8N4O2/c16-7-4-2-1-3-6(7)9-14-10-8(11(17)15-9)12-5-13-10/h1-5,16H,(H2,12,13,14,15,17). The van der Waals surface area contributed by atoms with Gasteiger partial charge in [0.25, 0.3) is 5.56 Å². The number of nitrogens with one attached hydrogen (secondary N) is 2. The fourth-order valence-electron chi connectivity index (χ4n) is 1.64. The number of phenolic OH excluding ortho intramolecular Hbond substituents is 1. The molecule has 0 atom stereocenters. The third-order valence-corrected chi connectivity index (χ3v) is 2.46. The number of fused-ring (bicyclic) bond motifs is 1. The van der Waals surface area contributed by atoms with E-state index in [0.717, 1.165) is 0 Å². The van der Waals surface area contributed by atoms with Gasteiger partial charge in [-0.1, -0.05) is 12.1 Å². The summed E-state index contributed by atoms with van der Waals surface area (Å²) < 4.78 is 0. The van der Waals surface area contributed by atoms with E-state index in [2.05, 4.69) is 19.9 Å². The third-order valence-electron chi connectivity index (χ3n) is 2.46. The second-order valence-electron chi connectivity index (χ2n) is 3.53. The lowest BCUT2D eigenvalue weighted by molar-refractivity contribution is 0.477. The number of aromatic amines is 2. The van der Waals surface area contributed by atoms with Gasteiger partial charge in [-0.15, -0.1) is 0 Å². The summed E-state index contributed by atoms with van der Waals surface area (Å²) in [6.07, 6.45) is 1.40. The predicted molar refractivity (Wildman–Crippen MR) is 61.6 cm³/mol. The van der Waals surface area contributed by atoms with Gasteiger partial charge in [-0.3, -0.25) is 4.79 Å². The minimum absolute atomic E-state index is 0.0607. The predicted octanol–water partition coefficient (Wildman–Crippen LogP) is 1.02. The van der Waals surface area contributed by atoms with E-state index in [-0.39, 0.29) is 11.3 Å². The second-order valence-corrected chi connectivity index (χ2v) is 3.53. The minimum atomic E-state index is -0.314. The Hall–Kier alpha value is -2.63. The lowest BCUT2D eigenvalue weighted by Gasteiger charge is -2.02. The van der Waals surface area contributed by atoms with E-state index >= 15 is 0 Å². The molecule has 3 rings (SSSR count). The summed E-state index contributed by atoms with van der Waals surface area (Å²) in [5.41, 5.74) is 0.802. The van der Waals surface area contributed by atoms with Crippen molar-refractivity contribution in [3.05, 3.63) is 40.9 Å². The zero-order valence-electron chi connectivity index (χ0n) is 8.64. The van der Waals surface area contributed by atoms with Gasteiger partial charge >= 0.3 is 0 Å². The van der Waals surface area contributed by atoms with Gasteiger partial charge in [-0.05, 0) is 12.1 Å². The van der Waals surface area contributed by atoms with Gasteiger partial charge in [-0.2, -0.15) is 0 Å². The summed E-state index contributed by atoms with van der Waals surface area (Å²) in [5, 5.41) is 9.69. The van der Waals surface area contributed by atoms with Crippen LogP contribution in [0.25, 0.3) is 22.6 Å². The molecule has 2 heterocycles. The van der Waals surface area contributed by atoms with Crippen LogP contribution >= 0.6 is 0 Å². The topological polar surface area (TPSA) is 94.7 Å². The molecule has 0 aliphatic carbocycles. The number of benzene rings is 1. The maximum atomic E-state index is 11.7. The van der Waals surface area contributed by atoms with Crippen molar-refractivity contribution < 1.29 is 5.11 Å². The molecule has 0 amide bonds. The number of para-hydroxylation sites is 1. The number of H-pyrrole nitrogens is 2. The Bertz CT molecular complexity index is 744. The molecule has 0 saturated carbocycles. The number of rotatable bonds is 1. The van der Waals surface area contributed by atoms with Gasteiger partial charge in [0.15, 0.2) is 11.2 Å². The Morgan fingerprint density at radius 3 is 2.88 bits per heavy atom. The highest BCUT2D eigenvalue weighted by Gasteiger charge is 2.10. The minimum Gasteiger partial charge on any atom is -0.507 e. The highest BCUT2D eigenvalue weighted by molar-refractivity contribution is 5.73. The van der Waals surface area contributed by atoms with Crippen molar-refractivity contribution in [2.24, 2.45) is 0 Å². The van der Waals surface area contributed by atoms with Gasteiger partial charge in [0, 0.05) is 0 Å². The SMILES string of the molecule is O=c1[nH]c(-c2ccccc2O)nc2nc[nH]c12. The van der Waals surface area contributed by atoms with Crippen molar-refractivity contribution in [1.82, 2.24) is 19.9 Å². The first kappa shape index (κ1) is 9.59. The van der Waals surface area contributed by atoms with E-state index in [1.54, 1.807) is 18.2 Å². The van der Waals surface area contributed by atoms with Gasteiger partial charge in [0.1, 0.15) is 11.6 Å². The lowest BCUT2D eigenvalue weighted by atomic mass is 10.2. The molecule has 2 aromatic heterocycles. The number of aromatic nitrogens is 4. The molecular weight excluding hydrogens is 220 g/mol.